The van der Waals surface area contributed by atoms with Crippen molar-refractivity contribution in [3.05, 3.63) is 12.7 Å². The molecule has 40 valence electrons. The summed E-state index contributed by atoms with van der Waals surface area (Å²) in [4.78, 5) is 9.94. The highest BCUT2D eigenvalue weighted by Crippen LogP contribution is 1.99. The van der Waals surface area contributed by atoms with E-state index in [0.717, 1.165) is 0 Å². The third kappa shape index (κ3) is 2.66. The zero-order valence-electron chi connectivity index (χ0n) is 3.53. The van der Waals surface area contributed by atoms with E-state index in [1.165, 1.54) is 6.08 Å². The molecule has 7 heavy (non-hydrogen) atoms. The van der Waals surface area contributed by atoms with Crippen molar-refractivity contribution in [2.24, 2.45) is 0 Å². The molecule has 0 rings (SSSR count). The fourth-order valence-electron chi connectivity index (χ4n) is 0.0927. The number of halogens is 2. The average Bonchev–Trinajstić information content (AvgIpc) is 1.65. The minimum Gasteiger partial charge on any atom is -0.279 e. The molecule has 0 bridgehead atoms. The number of alkyl halides is 1. The van der Waals surface area contributed by atoms with Gasteiger partial charge in [0.05, 0.1) is 0 Å². The summed E-state index contributed by atoms with van der Waals surface area (Å²) >= 11 is 10.1. The maximum atomic E-state index is 9.94. The van der Waals surface area contributed by atoms with Crippen LogP contribution >= 0.6 is 23.2 Å². The van der Waals surface area contributed by atoms with Gasteiger partial charge in [-0.25, -0.2) is 0 Å². The van der Waals surface area contributed by atoms with E-state index in [-0.39, 0.29) is 0 Å². The van der Waals surface area contributed by atoms with Crippen LogP contribution in [0.1, 0.15) is 0 Å². The second kappa shape index (κ2) is 3.05. The molecule has 1 unspecified atom stereocenters. The lowest BCUT2D eigenvalue weighted by Gasteiger charge is -1.88. The van der Waals surface area contributed by atoms with Gasteiger partial charge in [-0.15, -0.1) is 18.2 Å². The molecule has 0 aromatic rings. The van der Waals surface area contributed by atoms with E-state index in [4.69, 9.17) is 23.2 Å². The van der Waals surface area contributed by atoms with Crippen molar-refractivity contribution in [3.8, 4) is 0 Å². The molecular weight excluding hydrogens is 135 g/mol. The molecule has 0 fully saturated rings. The van der Waals surface area contributed by atoms with Crippen LogP contribution in [0.15, 0.2) is 12.7 Å². The lowest BCUT2D eigenvalue weighted by atomic mass is 10.5. The predicted molar refractivity (Wildman–Crippen MR) is 30.7 cm³/mol. The van der Waals surface area contributed by atoms with Gasteiger partial charge in [0.25, 0.3) is 0 Å². The predicted octanol–water partition coefficient (Wildman–Crippen LogP) is 1.55. The van der Waals surface area contributed by atoms with Crippen molar-refractivity contribution in [2.75, 3.05) is 0 Å². The Morgan fingerprint density at radius 2 is 2.29 bits per heavy atom. The first-order chi connectivity index (χ1) is 3.18. The molecule has 0 aliphatic heterocycles. The summed E-state index contributed by atoms with van der Waals surface area (Å²) in [6.07, 6.45) is 1.27. The van der Waals surface area contributed by atoms with Gasteiger partial charge in [-0.05, 0) is 11.6 Å². The Morgan fingerprint density at radius 1 is 1.86 bits per heavy atom. The summed E-state index contributed by atoms with van der Waals surface area (Å²) in [6.45, 7) is 3.24. The van der Waals surface area contributed by atoms with Gasteiger partial charge in [0, 0.05) is 0 Å². The fraction of sp³-hybridized carbons (Fsp3) is 0.250. The summed E-state index contributed by atoms with van der Waals surface area (Å²) in [6, 6.07) is 0. The van der Waals surface area contributed by atoms with Gasteiger partial charge in [-0.3, -0.25) is 4.79 Å². The number of hydrogen-bond donors (Lipinski definition) is 0. The normalized spacial score (nSPS) is 12.9. The van der Waals surface area contributed by atoms with Crippen LogP contribution in [-0.4, -0.2) is 10.6 Å². The number of hydrogen-bond acceptors (Lipinski definition) is 1. The number of allylic oxidation sites excluding steroid dienone is 1. The van der Waals surface area contributed by atoms with Crippen LogP contribution in [0.4, 0.5) is 0 Å². The highest BCUT2D eigenvalue weighted by molar-refractivity contribution is 6.69. The van der Waals surface area contributed by atoms with E-state index < -0.39 is 10.6 Å². The smallest absolute Gasteiger partial charge is 0.243 e. The Balaban J connectivity index is 3.55. The minimum atomic E-state index is -0.735. The van der Waals surface area contributed by atoms with E-state index in [1.807, 2.05) is 0 Å². The zero-order chi connectivity index (χ0) is 5.86. The Bertz CT molecular complexity index is 89.7. The van der Waals surface area contributed by atoms with E-state index in [9.17, 15) is 4.79 Å². The molecule has 0 saturated carbocycles. The lowest BCUT2D eigenvalue weighted by Crippen LogP contribution is -2.01. The van der Waals surface area contributed by atoms with Gasteiger partial charge in [-0.2, -0.15) is 0 Å². The minimum absolute atomic E-state index is 0.586. The van der Waals surface area contributed by atoms with Gasteiger partial charge in [0.2, 0.25) is 5.24 Å². The van der Waals surface area contributed by atoms with Gasteiger partial charge in [0.15, 0.2) is 0 Å². The maximum Gasteiger partial charge on any atom is 0.243 e. The molecule has 0 aliphatic rings. The summed E-state index contributed by atoms with van der Waals surface area (Å²) in [5.41, 5.74) is 0. The molecule has 0 aliphatic carbocycles. The zero-order valence-corrected chi connectivity index (χ0v) is 5.04. The SMILES string of the molecule is C=CC(Cl)C(=O)Cl. The van der Waals surface area contributed by atoms with Gasteiger partial charge in [0.1, 0.15) is 5.38 Å². The summed E-state index contributed by atoms with van der Waals surface area (Å²) < 4.78 is 0. The molecule has 3 heteroatoms. The third-order valence-electron chi connectivity index (χ3n) is 0.424. The van der Waals surface area contributed by atoms with Gasteiger partial charge < -0.3 is 0 Å². The second-order valence-corrected chi connectivity index (χ2v) is 1.78. The Kier molecular flexibility index (Phi) is 3.05. The molecule has 0 aromatic carbocycles. The number of carbonyl (C=O) groups excluding carboxylic acids is 1. The van der Waals surface area contributed by atoms with Crippen LogP contribution in [0.25, 0.3) is 0 Å². The molecular formula is C4H4Cl2O. The monoisotopic (exact) mass is 138 g/mol. The summed E-state index contributed by atoms with van der Waals surface area (Å²) in [5.74, 6) is 0. The highest BCUT2D eigenvalue weighted by Gasteiger charge is 2.04. The fourth-order valence-corrected chi connectivity index (χ4v) is 0.182. The maximum absolute atomic E-state index is 9.94. The first-order valence-electron chi connectivity index (χ1n) is 1.64. The van der Waals surface area contributed by atoms with Crippen molar-refractivity contribution in [2.45, 2.75) is 5.38 Å². The quantitative estimate of drug-likeness (QED) is 0.322. The van der Waals surface area contributed by atoms with Crippen molar-refractivity contribution in [3.63, 3.8) is 0 Å². The van der Waals surface area contributed by atoms with Crippen LogP contribution in [-0.2, 0) is 4.79 Å². The third-order valence-corrected chi connectivity index (χ3v) is 1.15. The molecule has 0 aromatic heterocycles. The molecule has 0 amide bonds. The van der Waals surface area contributed by atoms with Crippen LogP contribution in [0.2, 0.25) is 0 Å². The first-order valence-corrected chi connectivity index (χ1v) is 2.46. The number of rotatable bonds is 2. The standard InChI is InChI=1S/C4H4Cl2O/c1-2-3(5)4(6)7/h2-3H,1H2. The topological polar surface area (TPSA) is 17.1 Å². The Labute approximate surface area is 51.9 Å². The van der Waals surface area contributed by atoms with E-state index in [2.05, 4.69) is 6.58 Å². The molecule has 0 saturated heterocycles. The average molecular weight is 139 g/mol. The summed E-state index contributed by atoms with van der Waals surface area (Å²) in [7, 11) is 0. The van der Waals surface area contributed by atoms with E-state index in [1.54, 1.807) is 0 Å². The molecule has 1 atom stereocenters. The van der Waals surface area contributed by atoms with E-state index >= 15 is 0 Å². The lowest BCUT2D eigenvalue weighted by molar-refractivity contribution is -0.110. The summed E-state index contributed by atoms with van der Waals surface area (Å²) in [5, 5.41) is -1.32. The largest absolute Gasteiger partial charge is 0.279 e. The Hall–Kier alpha value is -0.0100. The van der Waals surface area contributed by atoms with Crippen molar-refractivity contribution < 1.29 is 4.79 Å². The van der Waals surface area contributed by atoms with Crippen LogP contribution in [0, 0.1) is 0 Å². The van der Waals surface area contributed by atoms with Crippen LogP contribution in [0.5, 0.6) is 0 Å². The van der Waals surface area contributed by atoms with Gasteiger partial charge >= 0.3 is 0 Å². The Morgan fingerprint density at radius 3 is 2.29 bits per heavy atom. The number of carbonyl (C=O) groups is 1. The van der Waals surface area contributed by atoms with Crippen molar-refractivity contribution in [1.82, 2.24) is 0 Å². The first kappa shape index (κ1) is 6.99. The second-order valence-electron chi connectivity index (χ2n) is 0.942. The molecule has 0 radical (unpaired) electrons. The van der Waals surface area contributed by atoms with E-state index in [0.29, 0.717) is 0 Å². The van der Waals surface area contributed by atoms with Crippen molar-refractivity contribution >= 4 is 28.4 Å². The molecule has 1 nitrogen and oxygen atoms in total. The van der Waals surface area contributed by atoms with Crippen LogP contribution in [0.3, 0.4) is 0 Å². The molecule has 0 heterocycles. The molecule has 0 spiro atoms. The van der Waals surface area contributed by atoms with Crippen LogP contribution < -0.4 is 0 Å². The molecule has 0 N–H and O–H groups in total. The highest BCUT2D eigenvalue weighted by atomic mass is 35.5. The van der Waals surface area contributed by atoms with Crippen molar-refractivity contribution in [1.29, 1.82) is 0 Å². The van der Waals surface area contributed by atoms with Gasteiger partial charge in [-0.1, -0.05) is 6.08 Å².